The Hall–Kier alpha value is -1.59. The van der Waals surface area contributed by atoms with Crippen LogP contribution in [0.4, 0.5) is 0 Å². The van der Waals surface area contributed by atoms with Gasteiger partial charge in [-0.1, -0.05) is 12.8 Å². The molecular formula is C16H28N2O4. The van der Waals surface area contributed by atoms with E-state index in [9.17, 15) is 14.4 Å². The van der Waals surface area contributed by atoms with Crippen LogP contribution in [0.5, 0.6) is 0 Å². The zero-order valence-corrected chi connectivity index (χ0v) is 13.5. The lowest BCUT2D eigenvalue weighted by atomic mass is 9.79. The molecule has 0 atom stereocenters. The molecule has 2 amide bonds. The van der Waals surface area contributed by atoms with E-state index in [-0.39, 0.29) is 17.7 Å². The fourth-order valence-corrected chi connectivity index (χ4v) is 3.25. The van der Waals surface area contributed by atoms with Gasteiger partial charge in [-0.3, -0.25) is 14.4 Å². The van der Waals surface area contributed by atoms with Crippen LogP contribution in [-0.2, 0) is 14.4 Å². The third kappa shape index (κ3) is 6.45. The number of aliphatic carboxylic acids is 1. The SMILES string of the molecule is CN(CCCCCNC=O)C(=O)CC1(CC(=O)O)CCCC1. The van der Waals surface area contributed by atoms with Crippen LogP contribution in [0.25, 0.3) is 0 Å². The third-order valence-corrected chi connectivity index (χ3v) is 4.54. The molecule has 2 N–H and O–H groups in total. The van der Waals surface area contributed by atoms with Gasteiger partial charge in [0.15, 0.2) is 0 Å². The van der Waals surface area contributed by atoms with Crippen molar-refractivity contribution in [2.75, 3.05) is 20.1 Å². The number of rotatable bonds is 11. The molecule has 22 heavy (non-hydrogen) atoms. The highest BCUT2D eigenvalue weighted by Crippen LogP contribution is 2.44. The van der Waals surface area contributed by atoms with Crippen LogP contribution in [0.2, 0.25) is 0 Å². The molecule has 126 valence electrons. The highest BCUT2D eigenvalue weighted by Gasteiger charge is 2.38. The Morgan fingerprint density at radius 3 is 2.45 bits per heavy atom. The van der Waals surface area contributed by atoms with Crippen molar-refractivity contribution in [3.05, 3.63) is 0 Å². The number of amides is 2. The van der Waals surface area contributed by atoms with E-state index in [0.717, 1.165) is 44.9 Å². The van der Waals surface area contributed by atoms with Crippen molar-refractivity contribution >= 4 is 18.3 Å². The van der Waals surface area contributed by atoms with Gasteiger partial charge >= 0.3 is 5.97 Å². The van der Waals surface area contributed by atoms with Crippen molar-refractivity contribution in [2.45, 2.75) is 57.8 Å². The monoisotopic (exact) mass is 312 g/mol. The molecule has 0 spiro atoms. The lowest BCUT2D eigenvalue weighted by Gasteiger charge is -2.29. The molecule has 6 nitrogen and oxygen atoms in total. The minimum absolute atomic E-state index is 0.0502. The Morgan fingerprint density at radius 1 is 1.18 bits per heavy atom. The second kappa shape index (κ2) is 9.43. The first-order valence-corrected chi connectivity index (χ1v) is 8.12. The van der Waals surface area contributed by atoms with Crippen molar-refractivity contribution in [1.29, 1.82) is 0 Å². The fraction of sp³-hybridized carbons (Fsp3) is 0.812. The number of nitrogens with zero attached hydrogens (tertiary/aromatic N) is 1. The Morgan fingerprint density at radius 2 is 1.86 bits per heavy atom. The molecule has 0 radical (unpaired) electrons. The Kier molecular flexibility index (Phi) is 7.91. The van der Waals surface area contributed by atoms with E-state index >= 15 is 0 Å². The molecule has 1 aliphatic carbocycles. The topological polar surface area (TPSA) is 86.7 Å². The minimum Gasteiger partial charge on any atom is -0.481 e. The van der Waals surface area contributed by atoms with Gasteiger partial charge < -0.3 is 15.3 Å². The molecule has 1 fully saturated rings. The summed E-state index contributed by atoms with van der Waals surface area (Å²) in [7, 11) is 1.79. The van der Waals surface area contributed by atoms with Crippen molar-refractivity contribution in [1.82, 2.24) is 10.2 Å². The molecule has 0 aliphatic heterocycles. The van der Waals surface area contributed by atoms with Crippen molar-refractivity contribution in [3.8, 4) is 0 Å². The Labute approximate surface area is 132 Å². The first-order chi connectivity index (χ1) is 10.5. The third-order valence-electron chi connectivity index (χ3n) is 4.54. The maximum Gasteiger partial charge on any atom is 0.303 e. The highest BCUT2D eigenvalue weighted by atomic mass is 16.4. The normalized spacial score (nSPS) is 16.2. The lowest BCUT2D eigenvalue weighted by molar-refractivity contribution is -0.141. The van der Waals surface area contributed by atoms with Crippen LogP contribution in [0.1, 0.15) is 57.8 Å². The molecule has 0 unspecified atom stereocenters. The zero-order valence-electron chi connectivity index (χ0n) is 13.5. The quantitative estimate of drug-likeness (QED) is 0.450. The molecule has 1 rings (SSSR count). The maximum absolute atomic E-state index is 12.3. The summed E-state index contributed by atoms with van der Waals surface area (Å²) in [6, 6.07) is 0. The number of carboxylic acid groups (broad SMARTS) is 1. The number of carbonyl (C=O) groups is 3. The van der Waals surface area contributed by atoms with E-state index in [2.05, 4.69) is 5.32 Å². The van der Waals surface area contributed by atoms with Crippen molar-refractivity contribution in [3.63, 3.8) is 0 Å². The number of nitrogens with one attached hydrogen (secondary N) is 1. The smallest absolute Gasteiger partial charge is 0.303 e. The van der Waals surface area contributed by atoms with Gasteiger partial charge in [0.25, 0.3) is 0 Å². The predicted octanol–water partition coefficient (Wildman–Crippen LogP) is 1.79. The van der Waals surface area contributed by atoms with Gasteiger partial charge in [0.2, 0.25) is 12.3 Å². The largest absolute Gasteiger partial charge is 0.481 e. The van der Waals surface area contributed by atoms with Crippen LogP contribution < -0.4 is 5.32 Å². The molecule has 6 heteroatoms. The van der Waals surface area contributed by atoms with Gasteiger partial charge in [-0.25, -0.2) is 0 Å². The Bertz CT molecular complexity index is 378. The molecule has 1 saturated carbocycles. The molecule has 0 aromatic carbocycles. The number of hydrogen-bond acceptors (Lipinski definition) is 3. The second-order valence-corrected chi connectivity index (χ2v) is 6.40. The number of unbranched alkanes of at least 4 members (excludes halogenated alkanes) is 2. The lowest BCUT2D eigenvalue weighted by Crippen LogP contribution is -2.34. The molecule has 0 bridgehead atoms. The average Bonchev–Trinajstić information content (AvgIpc) is 2.89. The van der Waals surface area contributed by atoms with Crippen LogP contribution in [0.3, 0.4) is 0 Å². The van der Waals surface area contributed by atoms with Crippen molar-refractivity contribution in [2.24, 2.45) is 5.41 Å². The first kappa shape index (κ1) is 18.5. The van der Waals surface area contributed by atoms with E-state index < -0.39 is 5.97 Å². The predicted molar refractivity (Wildman–Crippen MR) is 83.3 cm³/mol. The van der Waals surface area contributed by atoms with E-state index in [4.69, 9.17) is 5.11 Å². The van der Waals surface area contributed by atoms with Gasteiger partial charge in [-0.05, 0) is 37.5 Å². The van der Waals surface area contributed by atoms with Crippen LogP contribution >= 0.6 is 0 Å². The summed E-state index contributed by atoms with van der Waals surface area (Å²) in [5.41, 5.74) is -0.328. The summed E-state index contributed by atoms with van der Waals surface area (Å²) in [5, 5.41) is 11.7. The fourth-order valence-electron chi connectivity index (χ4n) is 3.25. The summed E-state index contributed by atoms with van der Waals surface area (Å²) < 4.78 is 0. The number of carboxylic acids is 1. The summed E-state index contributed by atoms with van der Waals surface area (Å²) in [4.78, 5) is 35.2. The summed E-state index contributed by atoms with van der Waals surface area (Å²) in [6.07, 6.45) is 7.64. The zero-order chi connectivity index (χ0) is 16.4. The maximum atomic E-state index is 12.3. The summed E-state index contributed by atoms with van der Waals surface area (Å²) >= 11 is 0. The van der Waals surface area contributed by atoms with Gasteiger partial charge in [0.05, 0.1) is 6.42 Å². The number of hydrogen-bond donors (Lipinski definition) is 2. The molecule has 1 aliphatic rings. The second-order valence-electron chi connectivity index (χ2n) is 6.40. The first-order valence-electron chi connectivity index (χ1n) is 8.12. The average molecular weight is 312 g/mol. The minimum atomic E-state index is -0.806. The molecule has 0 heterocycles. The molecular weight excluding hydrogens is 284 g/mol. The highest BCUT2D eigenvalue weighted by molar-refractivity contribution is 5.78. The van der Waals surface area contributed by atoms with Crippen molar-refractivity contribution < 1.29 is 19.5 Å². The van der Waals surface area contributed by atoms with E-state index in [1.807, 2.05) is 0 Å². The van der Waals surface area contributed by atoms with Crippen LogP contribution in [-0.4, -0.2) is 48.4 Å². The summed E-state index contributed by atoms with van der Waals surface area (Å²) in [6.45, 7) is 1.35. The molecule has 0 aromatic heterocycles. The van der Waals surface area contributed by atoms with Gasteiger partial charge in [-0.15, -0.1) is 0 Å². The van der Waals surface area contributed by atoms with Gasteiger partial charge in [0.1, 0.15) is 0 Å². The summed E-state index contributed by atoms with van der Waals surface area (Å²) in [5.74, 6) is -0.755. The molecule has 0 aromatic rings. The van der Waals surface area contributed by atoms with E-state index in [1.54, 1.807) is 11.9 Å². The van der Waals surface area contributed by atoms with Crippen LogP contribution in [0, 0.1) is 5.41 Å². The van der Waals surface area contributed by atoms with Gasteiger partial charge in [-0.2, -0.15) is 0 Å². The standard InChI is InChI=1S/C16H28N2O4/c1-18(10-6-2-5-9-17-13-19)14(20)11-16(12-15(21)22)7-3-4-8-16/h13H,2-12H2,1H3,(H,17,19)(H,21,22). The van der Waals surface area contributed by atoms with Crippen LogP contribution in [0.15, 0.2) is 0 Å². The number of carbonyl (C=O) groups excluding carboxylic acids is 2. The molecule has 0 saturated heterocycles. The van der Waals surface area contributed by atoms with E-state index in [0.29, 0.717) is 25.9 Å². The Balaban J connectivity index is 2.32. The van der Waals surface area contributed by atoms with E-state index in [1.165, 1.54) is 0 Å². The van der Waals surface area contributed by atoms with Gasteiger partial charge in [0, 0.05) is 26.6 Å².